The van der Waals surface area contributed by atoms with E-state index in [1.807, 2.05) is 26.1 Å². The third-order valence-electron chi connectivity index (χ3n) is 2.86. The van der Waals surface area contributed by atoms with E-state index in [1.165, 1.54) is 12.1 Å². The van der Waals surface area contributed by atoms with Crippen molar-refractivity contribution in [1.29, 1.82) is 0 Å². The molecule has 0 fully saturated rings. The summed E-state index contributed by atoms with van der Waals surface area (Å²) in [5.74, 6) is -0.194. The Morgan fingerprint density at radius 3 is 2.56 bits per heavy atom. The summed E-state index contributed by atoms with van der Waals surface area (Å²) < 4.78 is 18.3. The van der Waals surface area contributed by atoms with Crippen molar-refractivity contribution in [3.63, 3.8) is 0 Å². The van der Waals surface area contributed by atoms with Crippen molar-refractivity contribution in [2.24, 2.45) is 5.73 Å². The second-order valence-electron chi connectivity index (χ2n) is 4.47. The van der Waals surface area contributed by atoms with Gasteiger partial charge in [-0.2, -0.15) is 0 Å². The van der Waals surface area contributed by atoms with Crippen LogP contribution in [0.15, 0.2) is 24.3 Å². The Labute approximate surface area is 109 Å². The van der Waals surface area contributed by atoms with Crippen molar-refractivity contribution >= 4 is 0 Å². The van der Waals surface area contributed by atoms with Gasteiger partial charge in [0.1, 0.15) is 5.82 Å². The molecule has 0 aromatic heterocycles. The van der Waals surface area contributed by atoms with E-state index in [9.17, 15) is 4.39 Å². The van der Waals surface area contributed by atoms with Gasteiger partial charge in [0.2, 0.25) is 0 Å². The van der Waals surface area contributed by atoms with Gasteiger partial charge in [-0.25, -0.2) is 4.39 Å². The van der Waals surface area contributed by atoms with E-state index < -0.39 is 0 Å². The van der Waals surface area contributed by atoms with Gasteiger partial charge in [-0.05, 0) is 38.1 Å². The second kappa shape index (κ2) is 8.19. The SMILES string of the molecule is CCOC(CN)CCN(C)Cc1ccc(F)cc1. The van der Waals surface area contributed by atoms with Crippen molar-refractivity contribution < 1.29 is 9.13 Å². The van der Waals surface area contributed by atoms with Crippen LogP contribution in [0.25, 0.3) is 0 Å². The maximum Gasteiger partial charge on any atom is 0.123 e. The Morgan fingerprint density at radius 1 is 1.33 bits per heavy atom. The largest absolute Gasteiger partial charge is 0.377 e. The molecule has 0 radical (unpaired) electrons. The van der Waals surface area contributed by atoms with E-state index in [2.05, 4.69) is 4.90 Å². The van der Waals surface area contributed by atoms with Crippen molar-refractivity contribution in [3.8, 4) is 0 Å². The van der Waals surface area contributed by atoms with Crippen LogP contribution in [-0.2, 0) is 11.3 Å². The number of ether oxygens (including phenoxy) is 1. The van der Waals surface area contributed by atoms with E-state index in [-0.39, 0.29) is 11.9 Å². The summed E-state index contributed by atoms with van der Waals surface area (Å²) >= 11 is 0. The molecule has 0 spiro atoms. The molecule has 102 valence electrons. The van der Waals surface area contributed by atoms with E-state index >= 15 is 0 Å². The first-order chi connectivity index (χ1) is 8.65. The van der Waals surface area contributed by atoms with Gasteiger partial charge in [0.25, 0.3) is 0 Å². The lowest BCUT2D eigenvalue weighted by molar-refractivity contribution is 0.0559. The van der Waals surface area contributed by atoms with Crippen LogP contribution in [0.3, 0.4) is 0 Å². The van der Waals surface area contributed by atoms with E-state index in [1.54, 1.807) is 0 Å². The minimum atomic E-state index is -0.194. The molecule has 0 aliphatic carbocycles. The lowest BCUT2D eigenvalue weighted by Crippen LogP contribution is -2.29. The van der Waals surface area contributed by atoms with Crippen LogP contribution in [0.5, 0.6) is 0 Å². The lowest BCUT2D eigenvalue weighted by atomic mass is 10.2. The Morgan fingerprint density at radius 2 is 2.00 bits per heavy atom. The third kappa shape index (κ3) is 5.58. The molecule has 0 amide bonds. The fraction of sp³-hybridized carbons (Fsp3) is 0.571. The number of hydrogen-bond donors (Lipinski definition) is 1. The molecule has 0 saturated heterocycles. The number of benzene rings is 1. The molecule has 1 aromatic rings. The van der Waals surface area contributed by atoms with Gasteiger partial charge in [0.15, 0.2) is 0 Å². The molecule has 18 heavy (non-hydrogen) atoms. The summed E-state index contributed by atoms with van der Waals surface area (Å²) in [6.07, 6.45) is 1.05. The molecule has 1 rings (SSSR count). The maximum atomic E-state index is 12.8. The molecule has 0 saturated carbocycles. The number of nitrogens with zero attached hydrogens (tertiary/aromatic N) is 1. The lowest BCUT2D eigenvalue weighted by Gasteiger charge is -2.20. The van der Waals surface area contributed by atoms with Crippen molar-refractivity contribution in [1.82, 2.24) is 4.90 Å². The van der Waals surface area contributed by atoms with Crippen LogP contribution in [0.2, 0.25) is 0 Å². The van der Waals surface area contributed by atoms with Crippen molar-refractivity contribution in [3.05, 3.63) is 35.6 Å². The van der Waals surface area contributed by atoms with Crippen LogP contribution in [0.1, 0.15) is 18.9 Å². The monoisotopic (exact) mass is 254 g/mol. The summed E-state index contributed by atoms with van der Waals surface area (Å²) in [6, 6.07) is 6.61. The van der Waals surface area contributed by atoms with Gasteiger partial charge < -0.3 is 15.4 Å². The summed E-state index contributed by atoms with van der Waals surface area (Å²) in [6.45, 7) is 4.95. The average Bonchev–Trinajstić information content (AvgIpc) is 2.37. The number of nitrogens with two attached hydrogens (primary N) is 1. The fourth-order valence-corrected chi connectivity index (χ4v) is 1.85. The Bertz CT molecular complexity index is 329. The molecule has 1 unspecified atom stereocenters. The molecule has 0 aliphatic heterocycles. The fourth-order valence-electron chi connectivity index (χ4n) is 1.85. The van der Waals surface area contributed by atoms with Crippen LogP contribution < -0.4 is 5.73 Å². The Balaban J connectivity index is 2.32. The van der Waals surface area contributed by atoms with Gasteiger partial charge in [0.05, 0.1) is 6.10 Å². The smallest absolute Gasteiger partial charge is 0.123 e. The third-order valence-corrected chi connectivity index (χ3v) is 2.86. The van der Waals surface area contributed by atoms with Gasteiger partial charge >= 0.3 is 0 Å². The molecule has 2 N–H and O–H groups in total. The van der Waals surface area contributed by atoms with Crippen molar-refractivity contribution in [2.75, 3.05) is 26.7 Å². The number of hydrogen-bond acceptors (Lipinski definition) is 3. The number of halogens is 1. The first kappa shape index (κ1) is 15.1. The normalized spacial score (nSPS) is 12.9. The van der Waals surface area contributed by atoms with Crippen LogP contribution in [0.4, 0.5) is 4.39 Å². The van der Waals surface area contributed by atoms with Crippen molar-refractivity contribution in [2.45, 2.75) is 26.0 Å². The number of rotatable bonds is 8. The molecule has 0 heterocycles. The zero-order valence-corrected chi connectivity index (χ0v) is 11.2. The van der Waals surface area contributed by atoms with Gasteiger partial charge in [0, 0.05) is 26.2 Å². The predicted molar refractivity (Wildman–Crippen MR) is 71.8 cm³/mol. The average molecular weight is 254 g/mol. The Kier molecular flexibility index (Phi) is 6.86. The van der Waals surface area contributed by atoms with E-state index in [0.717, 1.165) is 25.1 Å². The van der Waals surface area contributed by atoms with Gasteiger partial charge in [-0.3, -0.25) is 0 Å². The molecule has 3 nitrogen and oxygen atoms in total. The molecule has 1 aromatic carbocycles. The molecule has 4 heteroatoms. The van der Waals surface area contributed by atoms with Gasteiger partial charge in [-0.15, -0.1) is 0 Å². The molecule has 0 aliphatic rings. The highest BCUT2D eigenvalue weighted by Gasteiger charge is 2.08. The highest BCUT2D eigenvalue weighted by molar-refractivity contribution is 5.15. The van der Waals surface area contributed by atoms with Crippen LogP contribution >= 0.6 is 0 Å². The summed E-state index contributed by atoms with van der Waals surface area (Å²) in [4.78, 5) is 2.19. The molecule has 1 atom stereocenters. The van der Waals surface area contributed by atoms with Crippen LogP contribution in [0, 0.1) is 5.82 Å². The summed E-state index contributed by atoms with van der Waals surface area (Å²) in [7, 11) is 2.04. The topological polar surface area (TPSA) is 38.5 Å². The zero-order valence-electron chi connectivity index (χ0n) is 11.2. The predicted octanol–water partition coefficient (Wildman–Crippen LogP) is 2.01. The quantitative estimate of drug-likeness (QED) is 0.771. The highest BCUT2D eigenvalue weighted by Crippen LogP contribution is 2.07. The first-order valence-corrected chi connectivity index (χ1v) is 6.40. The molecular formula is C14H23FN2O. The standard InChI is InChI=1S/C14H23FN2O/c1-3-18-14(10-16)8-9-17(2)11-12-4-6-13(15)7-5-12/h4-7,14H,3,8-11,16H2,1-2H3. The zero-order chi connectivity index (χ0) is 13.4. The first-order valence-electron chi connectivity index (χ1n) is 6.40. The van der Waals surface area contributed by atoms with E-state index in [4.69, 9.17) is 10.5 Å². The maximum absolute atomic E-state index is 12.8. The minimum Gasteiger partial charge on any atom is -0.377 e. The van der Waals surface area contributed by atoms with Gasteiger partial charge in [-0.1, -0.05) is 12.1 Å². The molecule has 0 bridgehead atoms. The molecular weight excluding hydrogens is 231 g/mol. The summed E-state index contributed by atoms with van der Waals surface area (Å²) in [5.41, 5.74) is 6.74. The van der Waals surface area contributed by atoms with Crippen LogP contribution in [-0.4, -0.2) is 37.7 Å². The minimum absolute atomic E-state index is 0.130. The second-order valence-corrected chi connectivity index (χ2v) is 4.47. The van der Waals surface area contributed by atoms with E-state index in [0.29, 0.717) is 13.2 Å². The Hall–Kier alpha value is -0.970. The summed E-state index contributed by atoms with van der Waals surface area (Å²) in [5, 5.41) is 0. The highest BCUT2D eigenvalue weighted by atomic mass is 19.1.